The Morgan fingerprint density at radius 2 is 1.82 bits per heavy atom. The van der Waals surface area contributed by atoms with Crippen molar-refractivity contribution in [1.29, 1.82) is 0 Å². The molecule has 2 aromatic carbocycles. The molecule has 0 saturated heterocycles. The molecule has 8 heteroatoms. The van der Waals surface area contributed by atoms with Crippen LogP contribution in [0.2, 0.25) is 5.02 Å². The molecule has 33 heavy (non-hydrogen) atoms. The largest absolute Gasteiger partial charge is 0.348 e. The summed E-state index contributed by atoms with van der Waals surface area (Å²) in [5.74, 6) is -2.20. The zero-order valence-corrected chi connectivity index (χ0v) is 18.3. The van der Waals surface area contributed by atoms with E-state index in [0.29, 0.717) is 29.2 Å². The van der Waals surface area contributed by atoms with E-state index in [1.165, 1.54) is 29.0 Å². The predicted octanol–water partition coefficient (Wildman–Crippen LogP) is 4.33. The number of hydrogen-bond acceptors (Lipinski definition) is 3. The number of halogens is 2. The molecule has 2 atom stereocenters. The van der Waals surface area contributed by atoms with E-state index in [1.807, 2.05) is 0 Å². The van der Waals surface area contributed by atoms with E-state index in [9.17, 15) is 18.8 Å². The number of anilines is 1. The molecule has 0 spiro atoms. The lowest BCUT2D eigenvalue weighted by Gasteiger charge is -2.20. The molecule has 0 radical (unpaired) electrons. The van der Waals surface area contributed by atoms with Gasteiger partial charge >= 0.3 is 0 Å². The van der Waals surface area contributed by atoms with Crippen molar-refractivity contribution in [3.05, 3.63) is 106 Å². The van der Waals surface area contributed by atoms with Crippen LogP contribution in [-0.4, -0.2) is 22.4 Å². The van der Waals surface area contributed by atoms with Gasteiger partial charge in [-0.25, -0.2) is 4.39 Å². The van der Waals surface area contributed by atoms with Crippen molar-refractivity contribution in [1.82, 2.24) is 9.88 Å². The van der Waals surface area contributed by atoms with E-state index in [4.69, 9.17) is 11.6 Å². The number of hydrogen-bond donors (Lipinski definition) is 2. The van der Waals surface area contributed by atoms with Crippen molar-refractivity contribution in [3.8, 4) is 5.69 Å². The number of nitrogens with one attached hydrogen (secondary N) is 2. The number of carbonyl (C=O) groups is 2. The molecule has 4 rings (SSSR count). The summed E-state index contributed by atoms with van der Waals surface area (Å²) >= 11 is 5.88. The zero-order chi connectivity index (χ0) is 23.5. The third-order valence-corrected chi connectivity index (χ3v) is 5.82. The first-order valence-electron chi connectivity index (χ1n) is 10.3. The van der Waals surface area contributed by atoms with E-state index in [0.717, 1.165) is 11.6 Å². The van der Waals surface area contributed by atoms with Gasteiger partial charge in [-0.05, 0) is 61.4 Å². The van der Waals surface area contributed by atoms with Crippen LogP contribution in [0.15, 0.2) is 83.8 Å². The van der Waals surface area contributed by atoms with E-state index < -0.39 is 23.7 Å². The minimum Gasteiger partial charge on any atom is -0.348 e. The van der Waals surface area contributed by atoms with Gasteiger partial charge in [0.05, 0.1) is 17.2 Å². The third kappa shape index (κ3) is 5.04. The molecule has 1 aliphatic carbocycles. The number of pyridine rings is 1. The third-order valence-electron chi connectivity index (χ3n) is 5.57. The fourth-order valence-electron chi connectivity index (χ4n) is 3.91. The van der Waals surface area contributed by atoms with E-state index in [-0.39, 0.29) is 17.0 Å². The second kappa shape index (κ2) is 9.42. The van der Waals surface area contributed by atoms with Gasteiger partial charge in [-0.2, -0.15) is 0 Å². The van der Waals surface area contributed by atoms with Gasteiger partial charge in [0, 0.05) is 29.0 Å². The lowest BCUT2D eigenvalue weighted by atomic mass is 10.0. The molecule has 1 aromatic heterocycles. The zero-order valence-electron chi connectivity index (χ0n) is 17.6. The van der Waals surface area contributed by atoms with Crippen LogP contribution in [0.4, 0.5) is 10.1 Å². The van der Waals surface area contributed by atoms with Gasteiger partial charge < -0.3 is 10.6 Å². The number of rotatable bonds is 5. The first-order chi connectivity index (χ1) is 15.8. The van der Waals surface area contributed by atoms with Crippen LogP contribution in [0, 0.1) is 11.7 Å². The van der Waals surface area contributed by atoms with Crippen LogP contribution >= 0.6 is 11.6 Å². The highest BCUT2D eigenvalue weighted by molar-refractivity contribution is 6.30. The Morgan fingerprint density at radius 3 is 2.52 bits per heavy atom. The quantitative estimate of drug-likeness (QED) is 0.550. The van der Waals surface area contributed by atoms with Crippen LogP contribution < -0.4 is 16.2 Å². The second-order valence-electron chi connectivity index (χ2n) is 7.91. The highest BCUT2D eigenvalue weighted by Gasteiger charge is 2.36. The Morgan fingerprint density at radius 1 is 1.06 bits per heavy atom. The molecular formula is C25H21ClFN3O3. The topological polar surface area (TPSA) is 80.2 Å². The van der Waals surface area contributed by atoms with Crippen molar-refractivity contribution in [2.45, 2.75) is 18.9 Å². The molecule has 2 amide bonds. The molecular weight excluding hydrogens is 445 g/mol. The number of carbonyl (C=O) groups excluding carboxylic acids is 2. The smallest absolute Gasteiger partial charge is 0.255 e. The molecule has 0 aliphatic heterocycles. The molecule has 1 aliphatic rings. The van der Waals surface area contributed by atoms with E-state index >= 15 is 0 Å². The second-order valence-corrected chi connectivity index (χ2v) is 8.35. The van der Waals surface area contributed by atoms with E-state index in [1.54, 1.807) is 36.4 Å². The molecule has 1 fully saturated rings. The lowest BCUT2D eigenvalue weighted by molar-refractivity contribution is -0.120. The van der Waals surface area contributed by atoms with Crippen LogP contribution in [0.1, 0.15) is 23.2 Å². The minimum atomic E-state index is -0.764. The first kappa shape index (κ1) is 22.5. The lowest BCUT2D eigenvalue weighted by Crippen LogP contribution is -2.42. The fraction of sp³-hybridized carbons (Fsp3) is 0.160. The predicted molar refractivity (Wildman–Crippen MR) is 125 cm³/mol. The summed E-state index contributed by atoms with van der Waals surface area (Å²) in [6, 6.07) is 14.7. The van der Waals surface area contributed by atoms with Crippen molar-refractivity contribution >= 4 is 29.1 Å². The van der Waals surface area contributed by atoms with Crippen molar-refractivity contribution in [3.63, 3.8) is 0 Å². The SMILES string of the molecule is C=C1C[C@@H](NC(=O)c2ccc(-n3ccccc3=O)cc2F)[C@H](C(=O)Nc2ccc(Cl)cc2)C1. The van der Waals surface area contributed by atoms with E-state index in [2.05, 4.69) is 17.2 Å². The first-order valence-corrected chi connectivity index (χ1v) is 10.7. The average Bonchev–Trinajstić information content (AvgIpc) is 3.15. The summed E-state index contributed by atoms with van der Waals surface area (Å²) in [4.78, 5) is 37.6. The summed E-state index contributed by atoms with van der Waals surface area (Å²) in [5.41, 5.74) is 1.25. The number of nitrogens with zero attached hydrogens (tertiary/aromatic N) is 1. The maximum atomic E-state index is 14.8. The Balaban J connectivity index is 1.49. The van der Waals surface area contributed by atoms with Gasteiger partial charge in [0.25, 0.3) is 11.5 Å². The van der Waals surface area contributed by atoms with Gasteiger partial charge in [0.2, 0.25) is 5.91 Å². The highest BCUT2D eigenvalue weighted by Crippen LogP contribution is 2.31. The highest BCUT2D eigenvalue weighted by atomic mass is 35.5. The molecule has 1 heterocycles. The maximum Gasteiger partial charge on any atom is 0.255 e. The summed E-state index contributed by atoms with van der Waals surface area (Å²) in [7, 11) is 0. The van der Waals surface area contributed by atoms with Gasteiger partial charge in [0.1, 0.15) is 5.82 Å². The van der Waals surface area contributed by atoms with Gasteiger partial charge in [-0.3, -0.25) is 19.0 Å². The Kier molecular flexibility index (Phi) is 6.42. The van der Waals surface area contributed by atoms with Crippen LogP contribution in [-0.2, 0) is 4.79 Å². The molecule has 1 saturated carbocycles. The van der Waals surface area contributed by atoms with Crippen molar-refractivity contribution in [2.24, 2.45) is 5.92 Å². The fourth-order valence-corrected chi connectivity index (χ4v) is 4.04. The normalized spacial score (nSPS) is 17.6. The summed E-state index contributed by atoms with van der Waals surface area (Å²) in [6.07, 6.45) is 2.36. The molecule has 3 aromatic rings. The average molecular weight is 466 g/mol. The van der Waals surface area contributed by atoms with Gasteiger partial charge in [-0.1, -0.05) is 29.8 Å². The number of aromatic nitrogens is 1. The van der Waals surface area contributed by atoms with Crippen molar-refractivity contribution < 1.29 is 14.0 Å². The summed E-state index contributed by atoms with van der Waals surface area (Å²) in [6.45, 7) is 3.95. The number of benzene rings is 2. The minimum absolute atomic E-state index is 0.169. The van der Waals surface area contributed by atoms with Gasteiger partial charge in [0.15, 0.2) is 0 Å². The molecule has 0 bridgehead atoms. The Bertz CT molecular complexity index is 1290. The number of amides is 2. The van der Waals surface area contributed by atoms with Crippen LogP contribution in [0.3, 0.4) is 0 Å². The molecule has 168 valence electrons. The van der Waals surface area contributed by atoms with Crippen LogP contribution in [0.25, 0.3) is 5.69 Å². The maximum absolute atomic E-state index is 14.8. The molecule has 0 unspecified atom stereocenters. The Hall–Kier alpha value is -3.71. The van der Waals surface area contributed by atoms with Crippen molar-refractivity contribution in [2.75, 3.05) is 5.32 Å². The Labute approximate surface area is 194 Å². The summed E-state index contributed by atoms with van der Waals surface area (Å²) < 4.78 is 16.0. The van der Waals surface area contributed by atoms with Crippen LogP contribution in [0.5, 0.6) is 0 Å². The van der Waals surface area contributed by atoms with Gasteiger partial charge in [-0.15, -0.1) is 0 Å². The summed E-state index contributed by atoms with van der Waals surface area (Å²) in [5, 5.41) is 6.15. The standard InChI is InChI=1S/C25H21ClFN3O3/c1-15-12-20(25(33)28-17-7-5-16(26)6-8-17)22(13-15)29-24(32)19-10-9-18(14-21(19)27)30-11-3-2-4-23(30)31/h2-11,14,20,22H,1,12-13H2,(H,28,33)(H,29,32)/t20-,22-/m1/s1. The monoisotopic (exact) mass is 465 g/mol. The molecule has 2 N–H and O–H groups in total. The molecule has 6 nitrogen and oxygen atoms in total.